The molecule has 2 aromatic heterocycles. The molecule has 0 aliphatic carbocycles. The highest BCUT2D eigenvalue weighted by atomic mass is 32.2. The number of carbonyl (C=O) groups excluding carboxylic acids is 1. The van der Waals surface area contributed by atoms with E-state index in [1.54, 1.807) is 11.8 Å². The molecule has 1 amide bonds. The third kappa shape index (κ3) is 3.72. The first kappa shape index (κ1) is 20.5. The van der Waals surface area contributed by atoms with Gasteiger partial charge in [0.05, 0.1) is 11.7 Å². The smallest absolute Gasteiger partial charge is 0.263 e. The maximum absolute atomic E-state index is 13.3. The van der Waals surface area contributed by atoms with Crippen LogP contribution in [-0.2, 0) is 21.4 Å². The normalized spacial score (nSPS) is 19.3. The lowest BCUT2D eigenvalue weighted by atomic mass is 10.3. The zero-order valence-corrected chi connectivity index (χ0v) is 18.3. The van der Waals surface area contributed by atoms with Crippen molar-refractivity contribution in [2.75, 3.05) is 46.3 Å². The number of nitrogens with zero attached hydrogens (tertiary/aromatic N) is 5. The van der Waals surface area contributed by atoms with E-state index in [0.29, 0.717) is 49.0 Å². The second-order valence-electron chi connectivity index (χ2n) is 7.64. The third-order valence-electron chi connectivity index (χ3n) is 5.62. The van der Waals surface area contributed by atoms with Crippen LogP contribution in [0, 0.1) is 6.92 Å². The summed E-state index contributed by atoms with van der Waals surface area (Å²) in [6.45, 7) is 5.04. The molecule has 0 N–H and O–H groups in total. The van der Waals surface area contributed by atoms with Crippen molar-refractivity contribution in [3.8, 4) is 0 Å². The Balaban J connectivity index is 1.74. The maximum Gasteiger partial charge on any atom is 0.263 e. The molecule has 29 heavy (non-hydrogen) atoms. The summed E-state index contributed by atoms with van der Waals surface area (Å²) in [5.74, 6) is -0.138. The van der Waals surface area contributed by atoms with Crippen LogP contribution in [0.25, 0.3) is 10.2 Å². The second-order valence-corrected chi connectivity index (χ2v) is 10.7. The maximum atomic E-state index is 13.3. The lowest BCUT2D eigenvalue weighted by Crippen LogP contribution is -2.47. The van der Waals surface area contributed by atoms with Crippen LogP contribution < -0.4 is 5.56 Å². The number of sulfonamides is 1. The molecule has 158 valence electrons. The van der Waals surface area contributed by atoms with Crippen LogP contribution in [0.5, 0.6) is 0 Å². The van der Waals surface area contributed by atoms with Crippen LogP contribution in [0.15, 0.2) is 16.0 Å². The van der Waals surface area contributed by atoms with E-state index in [4.69, 9.17) is 0 Å². The molecule has 0 bridgehead atoms. The summed E-state index contributed by atoms with van der Waals surface area (Å²) < 4.78 is 29.4. The number of fused-ring (bicyclic) bond motifs is 1. The van der Waals surface area contributed by atoms with Crippen molar-refractivity contribution in [3.63, 3.8) is 0 Å². The number of likely N-dealkylation sites (N-methyl/N-ethyl adjacent to an activating group) is 1. The van der Waals surface area contributed by atoms with Crippen LogP contribution in [0.3, 0.4) is 0 Å². The number of amides is 1. The average molecular weight is 440 g/mol. The van der Waals surface area contributed by atoms with E-state index in [9.17, 15) is 18.0 Å². The minimum absolute atomic E-state index is 0.0440. The highest BCUT2D eigenvalue weighted by Gasteiger charge is 2.33. The summed E-state index contributed by atoms with van der Waals surface area (Å²) >= 11 is 1.20. The Morgan fingerprint density at radius 3 is 2.45 bits per heavy atom. The fourth-order valence-corrected chi connectivity index (χ4v) is 7.00. The molecular formula is C18H25N5O4S2. The molecule has 9 nitrogen and oxygen atoms in total. The van der Waals surface area contributed by atoms with Gasteiger partial charge in [-0.15, -0.1) is 11.3 Å². The van der Waals surface area contributed by atoms with Crippen LogP contribution in [0.2, 0.25) is 0 Å². The molecule has 0 unspecified atom stereocenters. The van der Waals surface area contributed by atoms with Crippen molar-refractivity contribution in [3.05, 3.63) is 21.6 Å². The predicted molar refractivity (Wildman–Crippen MR) is 111 cm³/mol. The van der Waals surface area contributed by atoms with Gasteiger partial charge in [-0.2, -0.15) is 4.31 Å². The quantitative estimate of drug-likeness (QED) is 0.681. The molecule has 4 rings (SSSR count). The lowest BCUT2D eigenvalue weighted by molar-refractivity contribution is -0.130. The first-order chi connectivity index (χ1) is 13.8. The van der Waals surface area contributed by atoms with E-state index >= 15 is 0 Å². The van der Waals surface area contributed by atoms with Gasteiger partial charge >= 0.3 is 0 Å². The summed E-state index contributed by atoms with van der Waals surface area (Å²) in [5, 5.41) is 0.100. The number of hydrogen-bond donors (Lipinski definition) is 0. The molecule has 2 aliphatic heterocycles. The Kier molecular flexibility index (Phi) is 5.49. The second kappa shape index (κ2) is 7.78. The van der Waals surface area contributed by atoms with Gasteiger partial charge < -0.3 is 9.80 Å². The van der Waals surface area contributed by atoms with Gasteiger partial charge in [-0.05, 0) is 26.8 Å². The molecule has 2 fully saturated rings. The zero-order chi connectivity index (χ0) is 20.8. The fourth-order valence-electron chi connectivity index (χ4n) is 3.91. The molecule has 0 saturated carbocycles. The number of piperazine rings is 1. The number of hydrogen-bond acceptors (Lipinski definition) is 7. The van der Waals surface area contributed by atoms with E-state index in [1.165, 1.54) is 26.5 Å². The van der Waals surface area contributed by atoms with Crippen molar-refractivity contribution in [2.24, 2.45) is 0 Å². The highest BCUT2D eigenvalue weighted by molar-refractivity contribution is 7.89. The van der Waals surface area contributed by atoms with Gasteiger partial charge in [0.15, 0.2) is 0 Å². The summed E-state index contributed by atoms with van der Waals surface area (Å²) in [7, 11) is -1.86. The molecule has 0 radical (unpaired) electrons. The van der Waals surface area contributed by atoms with E-state index < -0.39 is 15.6 Å². The van der Waals surface area contributed by atoms with Gasteiger partial charge in [0.2, 0.25) is 15.9 Å². The van der Waals surface area contributed by atoms with Crippen LogP contribution >= 0.6 is 11.3 Å². The Hall–Kier alpha value is -1.82. The SMILES string of the molecule is Cc1sc2ncn(CC(=O)N3CCCC3)c(=O)c2c1S(=O)(=O)N1CCN(C)CC1. The molecule has 2 saturated heterocycles. The van der Waals surface area contributed by atoms with Crippen LogP contribution in [0.4, 0.5) is 0 Å². The number of aryl methyl sites for hydroxylation is 1. The summed E-state index contributed by atoms with van der Waals surface area (Å²) in [4.78, 5) is 34.7. The molecule has 0 spiro atoms. The summed E-state index contributed by atoms with van der Waals surface area (Å²) in [5.41, 5.74) is -0.473. The van der Waals surface area contributed by atoms with Gasteiger partial charge in [-0.3, -0.25) is 14.2 Å². The van der Waals surface area contributed by atoms with Gasteiger partial charge in [0, 0.05) is 44.1 Å². The number of carbonyl (C=O) groups is 1. The summed E-state index contributed by atoms with van der Waals surface area (Å²) in [6.07, 6.45) is 3.28. The van der Waals surface area contributed by atoms with E-state index in [1.807, 2.05) is 7.05 Å². The van der Waals surface area contributed by atoms with E-state index in [2.05, 4.69) is 9.88 Å². The summed E-state index contributed by atoms with van der Waals surface area (Å²) in [6, 6.07) is 0. The lowest BCUT2D eigenvalue weighted by Gasteiger charge is -2.31. The highest BCUT2D eigenvalue weighted by Crippen LogP contribution is 2.33. The monoisotopic (exact) mass is 439 g/mol. The first-order valence-electron chi connectivity index (χ1n) is 9.74. The van der Waals surface area contributed by atoms with Crippen molar-refractivity contribution in [1.29, 1.82) is 0 Å². The molecule has 0 aromatic carbocycles. The Bertz CT molecular complexity index is 1090. The van der Waals surface area contributed by atoms with Crippen molar-refractivity contribution >= 4 is 37.5 Å². The van der Waals surface area contributed by atoms with E-state index in [0.717, 1.165) is 12.8 Å². The number of likely N-dealkylation sites (tertiary alicyclic amines) is 1. The molecule has 2 aliphatic rings. The van der Waals surface area contributed by atoms with E-state index in [-0.39, 0.29) is 22.7 Å². The Labute approximate surface area is 173 Å². The van der Waals surface area contributed by atoms with Crippen LogP contribution in [0.1, 0.15) is 17.7 Å². The van der Waals surface area contributed by atoms with Crippen molar-refractivity contribution < 1.29 is 13.2 Å². The van der Waals surface area contributed by atoms with Gasteiger partial charge in [0.1, 0.15) is 16.3 Å². The standard InChI is InChI=1S/C18H25N5O4S2/c1-13-16(29(26,27)23-9-7-20(2)8-10-23)15-17(28-13)19-12-22(18(15)25)11-14(24)21-5-3-4-6-21/h12H,3-11H2,1-2H3. The fraction of sp³-hybridized carbons (Fsp3) is 0.611. The first-order valence-corrected chi connectivity index (χ1v) is 12.0. The molecular weight excluding hydrogens is 414 g/mol. The third-order valence-corrected chi connectivity index (χ3v) is 8.84. The van der Waals surface area contributed by atoms with Crippen molar-refractivity contribution in [1.82, 2.24) is 23.7 Å². The van der Waals surface area contributed by atoms with Gasteiger partial charge in [-0.25, -0.2) is 13.4 Å². The molecule has 4 heterocycles. The molecule has 11 heteroatoms. The van der Waals surface area contributed by atoms with Crippen molar-refractivity contribution in [2.45, 2.75) is 31.2 Å². The Morgan fingerprint density at radius 1 is 1.14 bits per heavy atom. The number of thiophene rings is 1. The predicted octanol–water partition coefficient (Wildman–Crippen LogP) is 0.325. The zero-order valence-electron chi connectivity index (χ0n) is 16.6. The molecule has 0 atom stereocenters. The van der Waals surface area contributed by atoms with Gasteiger partial charge in [0.25, 0.3) is 5.56 Å². The number of rotatable bonds is 4. The van der Waals surface area contributed by atoms with Crippen LogP contribution in [-0.4, -0.2) is 84.3 Å². The van der Waals surface area contributed by atoms with Gasteiger partial charge in [-0.1, -0.05) is 0 Å². The molecule has 2 aromatic rings. The topological polar surface area (TPSA) is 95.8 Å². The largest absolute Gasteiger partial charge is 0.341 e. The Morgan fingerprint density at radius 2 is 1.79 bits per heavy atom. The minimum atomic E-state index is -3.81. The minimum Gasteiger partial charge on any atom is -0.341 e. The number of aromatic nitrogens is 2. The average Bonchev–Trinajstić information content (AvgIpc) is 3.32.